The van der Waals surface area contributed by atoms with Crippen LogP contribution in [0, 0.1) is 0 Å². The van der Waals surface area contributed by atoms with Gasteiger partial charge in [0.25, 0.3) is 0 Å². The topological polar surface area (TPSA) is 64.8 Å². The summed E-state index contributed by atoms with van der Waals surface area (Å²) >= 11 is 5.58. The number of benzene rings is 1. The Hall–Kier alpha value is -1.35. The molecule has 0 aliphatic carbocycles. The van der Waals surface area contributed by atoms with E-state index in [-0.39, 0.29) is 20.1 Å². The average Bonchev–Trinajstić information content (AvgIpc) is 2.58. The van der Waals surface area contributed by atoms with Gasteiger partial charge < -0.3 is 0 Å². The fourth-order valence-electron chi connectivity index (χ4n) is 1.15. The molecule has 1 aromatic carbocycles. The largest absolute Gasteiger partial charge is 0.518 e. The molecule has 17 heavy (non-hydrogen) atoms. The first-order valence-electron chi connectivity index (χ1n) is 4.06. The number of aromatic nitrogens is 3. The minimum Gasteiger partial charge on any atom is -0.195 e. The molecule has 1 heterocycles. The van der Waals surface area contributed by atoms with Crippen molar-refractivity contribution in [3.63, 3.8) is 0 Å². The molecule has 0 atom stereocenters. The molecule has 0 fully saturated rings. The quantitative estimate of drug-likeness (QED) is 0.801. The van der Waals surface area contributed by atoms with Crippen LogP contribution < -0.4 is 0 Å². The molecular formula is C7H3ClF3N3O2S. The van der Waals surface area contributed by atoms with Gasteiger partial charge in [0.1, 0.15) is 11.0 Å². The second-order valence-corrected chi connectivity index (χ2v) is 5.21. The highest BCUT2D eigenvalue weighted by atomic mass is 35.5. The Morgan fingerprint density at radius 3 is 2.53 bits per heavy atom. The van der Waals surface area contributed by atoms with E-state index in [2.05, 4.69) is 10.3 Å². The van der Waals surface area contributed by atoms with Crippen molar-refractivity contribution in [2.75, 3.05) is 0 Å². The molecule has 10 heteroatoms. The summed E-state index contributed by atoms with van der Waals surface area (Å²) in [5.74, 6) is 0. The van der Waals surface area contributed by atoms with Gasteiger partial charge in [-0.3, -0.25) is 0 Å². The van der Waals surface area contributed by atoms with Crippen molar-refractivity contribution in [3.8, 4) is 0 Å². The van der Waals surface area contributed by atoms with Gasteiger partial charge in [0.2, 0.25) is 0 Å². The monoisotopic (exact) mass is 285 g/mol. The van der Waals surface area contributed by atoms with Crippen molar-refractivity contribution in [2.45, 2.75) is 5.51 Å². The lowest BCUT2D eigenvalue weighted by atomic mass is 10.3. The highest BCUT2D eigenvalue weighted by molar-refractivity contribution is 7.90. The maximum Gasteiger partial charge on any atom is 0.518 e. The van der Waals surface area contributed by atoms with Crippen molar-refractivity contribution >= 4 is 32.7 Å². The van der Waals surface area contributed by atoms with Crippen LogP contribution in [0.25, 0.3) is 11.0 Å². The third kappa shape index (κ3) is 1.84. The van der Waals surface area contributed by atoms with Gasteiger partial charge in [-0.05, 0) is 18.2 Å². The maximum absolute atomic E-state index is 12.3. The normalized spacial score (nSPS) is 13.2. The molecule has 2 rings (SSSR count). The average molecular weight is 286 g/mol. The summed E-state index contributed by atoms with van der Waals surface area (Å²) in [6.45, 7) is 0. The zero-order chi connectivity index (χ0) is 12.8. The third-order valence-corrected chi connectivity index (χ3v) is 3.44. The smallest absolute Gasteiger partial charge is 0.195 e. The fourth-order valence-corrected chi connectivity index (χ4v) is 2.06. The standard InChI is InChI=1S/C7H3ClF3N3O2S/c8-4-1-2-6-5(3-4)12-13-14(6)17(15,16)7(9,10)11/h1-3H. The predicted octanol–water partition coefficient (Wildman–Crippen LogP) is 1.78. The molecule has 0 radical (unpaired) electrons. The van der Waals surface area contributed by atoms with E-state index in [9.17, 15) is 21.6 Å². The molecule has 0 N–H and O–H groups in total. The lowest BCUT2D eigenvalue weighted by molar-refractivity contribution is -0.0448. The Balaban J connectivity index is 2.74. The van der Waals surface area contributed by atoms with Crippen molar-refractivity contribution < 1.29 is 21.6 Å². The molecule has 1 aromatic heterocycles. The number of halogens is 4. The van der Waals surface area contributed by atoms with Crippen LogP contribution >= 0.6 is 11.6 Å². The van der Waals surface area contributed by atoms with Gasteiger partial charge in [-0.25, -0.2) is 0 Å². The summed E-state index contributed by atoms with van der Waals surface area (Å²) in [6.07, 6.45) is 0. The first-order valence-corrected chi connectivity index (χ1v) is 5.88. The van der Waals surface area contributed by atoms with Crippen molar-refractivity contribution in [1.82, 2.24) is 14.4 Å². The molecule has 0 aliphatic rings. The lowest BCUT2D eigenvalue weighted by Crippen LogP contribution is -2.30. The minimum absolute atomic E-state index is 0.0367. The van der Waals surface area contributed by atoms with E-state index in [0.717, 1.165) is 6.07 Å². The number of hydrogen-bond acceptors (Lipinski definition) is 4. The summed E-state index contributed by atoms with van der Waals surface area (Å²) in [7, 11) is -5.57. The molecule has 0 aliphatic heterocycles. The second kappa shape index (κ2) is 3.57. The van der Waals surface area contributed by atoms with Crippen LogP contribution in [-0.2, 0) is 10.0 Å². The zero-order valence-corrected chi connectivity index (χ0v) is 9.38. The predicted molar refractivity (Wildman–Crippen MR) is 52.9 cm³/mol. The molecule has 0 spiro atoms. The summed E-state index contributed by atoms with van der Waals surface area (Å²) in [4.78, 5) is 0. The first-order chi connectivity index (χ1) is 7.73. The number of hydrogen-bond donors (Lipinski definition) is 0. The molecule has 0 amide bonds. The Morgan fingerprint density at radius 1 is 1.29 bits per heavy atom. The Kier molecular flexibility index (Phi) is 2.54. The molecule has 0 unspecified atom stereocenters. The molecular weight excluding hydrogens is 283 g/mol. The van der Waals surface area contributed by atoms with Gasteiger partial charge in [-0.1, -0.05) is 16.8 Å². The minimum atomic E-state index is -5.57. The van der Waals surface area contributed by atoms with Crippen LogP contribution in [-0.4, -0.2) is 28.3 Å². The van der Waals surface area contributed by atoms with E-state index in [1.165, 1.54) is 12.1 Å². The first kappa shape index (κ1) is 12.1. The summed E-state index contributed by atoms with van der Waals surface area (Å²) in [6, 6.07) is 3.56. The second-order valence-electron chi connectivity index (χ2n) is 3.02. The molecule has 0 saturated heterocycles. The van der Waals surface area contributed by atoms with Gasteiger partial charge in [0, 0.05) is 5.02 Å². The number of alkyl halides is 3. The van der Waals surface area contributed by atoms with Gasteiger partial charge in [-0.15, -0.1) is 9.19 Å². The van der Waals surface area contributed by atoms with E-state index in [4.69, 9.17) is 11.6 Å². The highest BCUT2D eigenvalue weighted by Gasteiger charge is 2.49. The lowest BCUT2D eigenvalue weighted by Gasteiger charge is -2.07. The summed E-state index contributed by atoms with van der Waals surface area (Å²) in [5, 5.41) is 6.50. The Bertz CT molecular complexity index is 679. The van der Waals surface area contributed by atoms with Crippen LogP contribution in [0.1, 0.15) is 0 Å². The molecule has 5 nitrogen and oxygen atoms in total. The van der Waals surface area contributed by atoms with Crippen LogP contribution in [0.3, 0.4) is 0 Å². The number of rotatable bonds is 1. The van der Waals surface area contributed by atoms with Crippen molar-refractivity contribution in [1.29, 1.82) is 0 Å². The third-order valence-electron chi connectivity index (χ3n) is 1.90. The number of nitrogens with zero attached hydrogens (tertiary/aromatic N) is 3. The number of fused-ring (bicyclic) bond motifs is 1. The van der Waals surface area contributed by atoms with Gasteiger partial charge >= 0.3 is 15.5 Å². The van der Waals surface area contributed by atoms with Crippen LogP contribution in [0.5, 0.6) is 0 Å². The van der Waals surface area contributed by atoms with E-state index < -0.39 is 15.5 Å². The van der Waals surface area contributed by atoms with Crippen LogP contribution in [0.4, 0.5) is 13.2 Å². The van der Waals surface area contributed by atoms with Gasteiger partial charge in [0.15, 0.2) is 0 Å². The van der Waals surface area contributed by atoms with E-state index in [1.54, 1.807) is 0 Å². The van der Waals surface area contributed by atoms with Crippen molar-refractivity contribution in [2.24, 2.45) is 0 Å². The zero-order valence-electron chi connectivity index (χ0n) is 7.81. The molecule has 0 bridgehead atoms. The van der Waals surface area contributed by atoms with Crippen molar-refractivity contribution in [3.05, 3.63) is 23.2 Å². The SMILES string of the molecule is O=S(=O)(n1nnc2cc(Cl)ccc21)C(F)(F)F. The molecule has 0 saturated carbocycles. The summed E-state index contributed by atoms with van der Waals surface area (Å²) < 4.78 is 59.0. The fraction of sp³-hybridized carbons (Fsp3) is 0.143. The Labute approximate surface area is 97.8 Å². The van der Waals surface area contributed by atoms with Gasteiger partial charge in [-0.2, -0.15) is 21.6 Å². The van der Waals surface area contributed by atoms with E-state index >= 15 is 0 Å². The van der Waals surface area contributed by atoms with E-state index in [0.29, 0.717) is 0 Å². The van der Waals surface area contributed by atoms with Gasteiger partial charge in [0.05, 0.1) is 0 Å². The molecule has 92 valence electrons. The summed E-state index contributed by atoms with van der Waals surface area (Å²) in [5.41, 5.74) is -5.76. The Morgan fingerprint density at radius 2 is 1.94 bits per heavy atom. The van der Waals surface area contributed by atoms with Crippen LogP contribution in [0.15, 0.2) is 18.2 Å². The van der Waals surface area contributed by atoms with Crippen LogP contribution in [0.2, 0.25) is 5.02 Å². The highest BCUT2D eigenvalue weighted by Crippen LogP contribution is 2.27. The van der Waals surface area contributed by atoms with E-state index in [1.807, 2.05) is 0 Å². The maximum atomic E-state index is 12.3. The molecule has 2 aromatic rings.